The van der Waals surface area contributed by atoms with Gasteiger partial charge in [-0.3, -0.25) is 9.48 Å². The van der Waals surface area contributed by atoms with Gasteiger partial charge in [-0.2, -0.15) is 5.10 Å². The Morgan fingerprint density at radius 2 is 2.22 bits per heavy atom. The lowest BCUT2D eigenvalue weighted by atomic mass is 10.0. The van der Waals surface area contributed by atoms with Gasteiger partial charge in [0, 0.05) is 23.2 Å². The van der Waals surface area contributed by atoms with Gasteiger partial charge in [-0.25, -0.2) is 4.39 Å². The van der Waals surface area contributed by atoms with E-state index in [0.29, 0.717) is 16.3 Å². The topological polar surface area (TPSA) is 46.9 Å². The molecule has 6 heteroatoms. The molecule has 1 aromatic heterocycles. The summed E-state index contributed by atoms with van der Waals surface area (Å²) in [5.41, 5.74) is 1.74. The largest absolute Gasteiger partial charge is 0.340 e. The fourth-order valence-electron chi connectivity index (χ4n) is 2.20. The van der Waals surface area contributed by atoms with Crippen LogP contribution in [0.4, 0.5) is 4.39 Å². The second-order valence-corrected chi connectivity index (χ2v) is 4.55. The van der Waals surface area contributed by atoms with Gasteiger partial charge in [0.15, 0.2) is 0 Å². The summed E-state index contributed by atoms with van der Waals surface area (Å²) in [6.07, 6.45) is 1.60. The molecule has 0 aliphatic carbocycles. The van der Waals surface area contributed by atoms with E-state index in [1.54, 1.807) is 13.2 Å². The minimum atomic E-state index is -0.440. The Morgan fingerprint density at radius 3 is 3.00 bits per heavy atom. The average molecular weight is 266 g/mol. The number of hydrogen-bond donors (Lipinski definition) is 1. The smallest absolute Gasteiger partial charge is 0.270 e. The summed E-state index contributed by atoms with van der Waals surface area (Å²) in [5, 5.41) is 7.22. The standard InChI is InChI=1S/C12H9ClFN3O/c1-17-11-8(5-15-17)10(16-12(11)18)7-4-6(14)2-3-9(7)13/h2-5,10H,1H3,(H,16,18). The molecule has 92 valence electrons. The van der Waals surface area contributed by atoms with Gasteiger partial charge in [-0.15, -0.1) is 0 Å². The first-order valence-electron chi connectivity index (χ1n) is 5.35. The van der Waals surface area contributed by atoms with Gasteiger partial charge in [0.05, 0.1) is 12.2 Å². The Balaban J connectivity index is 2.15. The summed E-state index contributed by atoms with van der Waals surface area (Å²) in [7, 11) is 1.69. The first-order chi connectivity index (χ1) is 8.58. The minimum absolute atomic E-state index is 0.227. The number of amides is 1. The number of hydrogen-bond acceptors (Lipinski definition) is 2. The normalized spacial score (nSPS) is 17.7. The highest BCUT2D eigenvalue weighted by Gasteiger charge is 2.34. The number of nitrogens with one attached hydrogen (secondary N) is 1. The predicted molar refractivity (Wildman–Crippen MR) is 63.9 cm³/mol. The molecule has 4 nitrogen and oxygen atoms in total. The Morgan fingerprint density at radius 1 is 1.44 bits per heavy atom. The molecule has 2 aromatic rings. The van der Waals surface area contributed by atoms with E-state index in [-0.39, 0.29) is 11.7 Å². The molecule has 0 radical (unpaired) electrons. The molecular formula is C12H9ClFN3O. The third-order valence-corrected chi connectivity index (χ3v) is 3.38. The van der Waals surface area contributed by atoms with Crippen molar-refractivity contribution in [1.29, 1.82) is 0 Å². The van der Waals surface area contributed by atoms with Gasteiger partial charge < -0.3 is 5.32 Å². The molecule has 0 fully saturated rings. The Bertz CT molecular complexity index is 653. The van der Waals surface area contributed by atoms with Crippen LogP contribution in [-0.2, 0) is 7.05 Å². The number of nitrogens with zero attached hydrogens (tertiary/aromatic N) is 2. The van der Waals surface area contributed by atoms with Crippen LogP contribution < -0.4 is 5.32 Å². The third kappa shape index (κ3) is 1.51. The van der Waals surface area contributed by atoms with E-state index >= 15 is 0 Å². The number of carbonyl (C=O) groups excluding carboxylic acids is 1. The van der Waals surface area contributed by atoms with Crippen molar-refractivity contribution in [3.05, 3.63) is 52.1 Å². The summed E-state index contributed by atoms with van der Waals surface area (Å²) in [4.78, 5) is 11.8. The maximum Gasteiger partial charge on any atom is 0.270 e. The number of aryl methyl sites for hydroxylation is 1. The summed E-state index contributed by atoms with van der Waals surface area (Å²) in [6, 6.07) is 3.65. The van der Waals surface area contributed by atoms with Crippen molar-refractivity contribution >= 4 is 17.5 Å². The van der Waals surface area contributed by atoms with Gasteiger partial charge in [-0.1, -0.05) is 11.6 Å². The van der Waals surface area contributed by atoms with Crippen LogP contribution in [0, 0.1) is 5.82 Å². The van der Waals surface area contributed by atoms with Crippen LogP contribution in [0.1, 0.15) is 27.7 Å². The fourth-order valence-corrected chi connectivity index (χ4v) is 2.43. The van der Waals surface area contributed by atoms with E-state index < -0.39 is 6.04 Å². The minimum Gasteiger partial charge on any atom is -0.340 e. The highest BCUT2D eigenvalue weighted by Crippen LogP contribution is 2.34. The summed E-state index contributed by atoms with van der Waals surface area (Å²) in [5.74, 6) is -0.615. The Labute approximate surface area is 107 Å². The monoisotopic (exact) mass is 265 g/mol. The van der Waals surface area contributed by atoms with E-state index in [0.717, 1.165) is 5.56 Å². The van der Waals surface area contributed by atoms with Crippen LogP contribution in [0.15, 0.2) is 24.4 Å². The molecule has 0 saturated carbocycles. The van der Waals surface area contributed by atoms with E-state index in [4.69, 9.17) is 11.6 Å². The van der Waals surface area contributed by atoms with Crippen molar-refractivity contribution in [2.75, 3.05) is 0 Å². The van der Waals surface area contributed by atoms with E-state index in [2.05, 4.69) is 10.4 Å². The molecular weight excluding hydrogens is 257 g/mol. The van der Waals surface area contributed by atoms with Gasteiger partial charge in [-0.05, 0) is 18.2 Å². The van der Waals surface area contributed by atoms with Crippen molar-refractivity contribution in [3.63, 3.8) is 0 Å². The van der Waals surface area contributed by atoms with Crippen LogP contribution in [0.3, 0.4) is 0 Å². The van der Waals surface area contributed by atoms with Crippen LogP contribution in [0.25, 0.3) is 0 Å². The molecule has 1 aliphatic heterocycles. The molecule has 1 N–H and O–H groups in total. The zero-order valence-electron chi connectivity index (χ0n) is 9.45. The number of benzene rings is 1. The van der Waals surface area contributed by atoms with Crippen molar-refractivity contribution in [2.24, 2.45) is 7.05 Å². The summed E-state index contributed by atoms with van der Waals surface area (Å²) in [6.45, 7) is 0. The lowest BCUT2D eigenvalue weighted by Crippen LogP contribution is -2.22. The lowest BCUT2D eigenvalue weighted by Gasteiger charge is -2.12. The fraction of sp³-hybridized carbons (Fsp3) is 0.167. The van der Waals surface area contributed by atoms with Gasteiger partial charge in [0.1, 0.15) is 11.5 Å². The number of fused-ring (bicyclic) bond motifs is 1. The molecule has 1 aliphatic rings. The van der Waals surface area contributed by atoms with E-state index in [9.17, 15) is 9.18 Å². The maximum absolute atomic E-state index is 13.3. The summed E-state index contributed by atoms with van der Waals surface area (Å²) < 4.78 is 14.8. The quantitative estimate of drug-likeness (QED) is 0.858. The first kappa shape index (κ1) is 11.2. The van der Waals surface area contributed by atoms with Crippen molar-refractivity contribution in [1.82, 2.24) is 15.1 Å². The molecule has 0 spiro atoms. The van der Waals surface area contributed by atoms with E-state index in [1.165, 1.54) is 22.9 Å². The molecule has 2 heterocycles. The van der Waals surface area contributed by atoms with Crippen LogP contribution in [0.5, 0.6) is 0 Å². The van der Waals surface area contributed by atoms with Gasteiger partial charge >= 0.3 is 0 Å². The second kappa shape index (κ2) is 3.81. The molecule has 18 heavy (non-hydrogen) atoms. The number of aromatic nitrogens is 2. The number of halogens is 2. The van der Waals surface area contributed by atoms with Crippen molar-refractivity contribution in [2.45, 2.75) is 6.04 Å². The van der Waals surface area contributed by atoms with Gasteiger partial charge in [0.2, 0.25) is 0 Å². The third-order valence-electron chi connectivity index (χ3n) is 3.04. The molecule has 0 saturated heterocycles. The van der Waals surface area contributed by atoms with Crippen LogP contribution in [-0.4, -0.2) is 15.7 Å². The van der Waals surface area contributed by atoms with Crippen LogP contribution in [0.2, 0.25) is 5.02 Å². The zero-order chi connectivity index (χ0) is 12.9. The maximum atomic E-state index is 13.3. The average Bonchev–Trinajstić information content (AvgIpc) is 2.85. The Kier molecular flexibility index (Phi) is 2.38. The summed E-state index contributed by atoms with van der Waals surface area (Å²) >= 11 is 6.05. The second-order valence-electron chi connectivity index (χ2n) is 4.14. The van der Waals surface area contributed by atoms with E-state index in [1.807, 2.05) is 0 Å². The molecule has 1 atom stereocenters. The lowest BCUT2D eigenvalue weighted by molar-refractivity contribution is 0.0951. The molecule has 1 amide bonds. The van der Waals surface area contributed by atoms with Crippen molar-refractivity contribution < 1.29 is 9.18 Å². The van der Waals surface area contributed by atoms with Crippen molar-refractivity contribution in [3.8, 4) is 0 Å². The number of carbonyl (C=O) groups is 1. The van der Waals surface area contributed by atoms with Gasteiger partial charge in [0.25, 0.3) is 5.91 Å². The van der Waals surface area contributed by atoms with Crippen LogP contribution >= 0.6 is 11.6 Å². The first-order valence-corrected chi connectivity index (χ1v) is 5.73. The molecule has 0 bridgehead atoms. The molecule has 1 aromatic carbocycles. The molecule has 1 unspecified atom stereocenters. The highest BCUT2D eigenvalue weighted by atomic mass is 35.5. The highest BCUT2D eigenvalue weighted by molar-refractivity contribution is 6.31. The zero-order valence-corrected chi connectivity index (χ0v) is 10.2. The Hall–Kier alpha value is -1.88. The SMILES string of the molecule is Cn1ncc2c1C(=O)NC2c1cc(F)ccc1Cl. The molecule has 3 rings (SSSR count). The number of rotatable bonds is 1. The predicted octanol–water partition coefficient (Wildman–Crippen LogP) is 2.05.